The molecule has 182 valence electrons. The molecule has 2 atom stereocenters. The van der Waals surface area contributed by atoms with E-state index in [0.717, 1.165) is 33.3 Å². The van der Waals surface area contributed by atoms with E-state index < -0.39 is 18.2 Å². The van der Waals surface area contributed by atoms with Gasteiger partial charge in [-0.25, -0.2) is 4.79 Å². The Morgan fingerprint density at radius 3 is 2.09 bits per heavy atom. The number of fused-ring (bicyclic) bond motifs is 3. The van der Waals surface area contributed by atoms with E-state index in [1.165, 1.54) is 11.1 Å². The van der Waals surface area contributed by atoms with Gasteiger partial charge in [-0.2, -0.15) is 0 Å². The van der Waals surface area contributed by atoms with Gasteiger partial charge in [-0.05, 0) is 53.6 Å². The Morgan fingerprint density at radius 2 is 1.51 bits per heavy atom. The van der Waals surface area contributed by atoms with E-state index in [-0.39, 0.29) is 23.6 Å². The minimum atomic E-state index is -0.843. The zero-order valence-corrected chi connectivity index (χ0v) is 21.2. The van der Waals surface area contributed by atoms with E-state index in [1.54, 1.807) is 0 Å². The standard InChI is InChI=1S/C29H32N2O3S/c1-18(2)16-26(27(30)28(32)35-20-14-12-19(3)13-15-20)31-29(33)34-17-25-23-10-6-4-8-21(23)22-9-5-7-11-24(22)25/h4-15,18,25-27H,16-17,30H2,1-3H3,(H,31,33)/t26-,27-/m0/s1. The van der Waals surface area contributed by atoms with E-state index in [9.17, 15) is 9.59 Å². The summed E-state index contributed by atoms with van der Waals surface area (Å²) < 4.78 is 5.69. The molecule has 0 unspecified atom stereocenters. The first-order valence-corrected chi connectivity index (χ1v) is 12.8. The van der Waals surface area contributed by atoms with Crippen LogP contribution in [0.3, 0.4) is 0 Å². The molecule has 3 aromatic rings. The number of benzene rings is 3. The van der Waals surface area contributed by atoms with E-state index in [0.29, 0.717) is 6.42 Å². The van der Waals surface area contributed by atoms with Crippen molar-refractivity contribution >= 4 is 23.0 Å². The predicted molar refractivity (Wildman–Crippen MR) is 141 cm³/mol. The lowest BCUT2D eigenvalue weighted by Crippen LogP contribution is -2.51. The quantitative estimate of drug-likeness (QED) is 0.386. The number of ether oxygens (including phenoxy) is 1. The van der Waals surface area contributed by atoms with Crippen molar-refractivity contribution in [3.8, 4) is 11.1 Å². The van der Waals surface area contributed by atoms with Crippen LogP contribution in [0.25, 0.3) is 11.1 Å². The summed E-state index contributed by atoms with van der Waals surface area (Å²) in [5, 5.41) is 2.69. The van der Waals surface area contributed by atoms with Gasteiger partial charge < -0.3 is 15.8 Å². The molecule has 5 nitrogen and oxygen atoms in total. The van der Waals surface area contributed by atoms with Gasteiger partial charge >= 0.3 is 6.09 Å². The number of carbonyl (C=O) groups excluding carboxylic acids is 2. The van der Waals surface area contributed by atoms with Crippen LogP contribution in [0.4, 0.5) is 4.79 Å². The van der Waals surface area contributed by atoms with Gasteiger partial charge in [0.15, 0.2) is 0 Å². The van der Waals surface area contributed by atoms with Crippen LogP contribution < -0.4 is 11.1 Å². The Hall–Kier alpha value is -3.09. The van der Waals surface area contributed by atoms with Crippen LogP contribution in [0.5, 0.6) is 0 Å². The topological polar surface area (TPSA) is 81.4 Å². The fourth-order valence-electron chi connectivity index (χ4n) is 4.55. The Balaban J connectivity index is 1.41. The van der Waals surface area contributed by atoms with Crippen LogP contribution >= 0.6 is 11.8 Å². The lowest BCUT2D eigenvalue weighted by Gasteiger charge is -2.25. The molecular weight excluding hydrogens is 456 g/mol. The minimum Gasteiger partial charge on any atom is -0.449 e. The third-order valence-electron chi connectivity index (χ3n) is 6.32. The SMILES string of the molecule is Cc1ccc(SC(=O)[C@@H](N)[C@H](CC(C)C)NC(=O)OCC2c3ccccc3-c3ccccc32)cc1. The van der Waals surface area contributed by atoms with E-state index >= 15 is 0 Å². The summed E-state index contributed by atoms with van der Waals surface area (Å²) in [6.45, 7) is 6.29. The van der Waals surface area contributed by atoms with Crippen molar-refractivity contribution in [1.82, 2.24) is 5.32 Å². The Morgan fingerprint density at radius 1 is 0.943 bits per heavy atom. The van der Waals surface area contributed by atoms with Gasteiger partial charge in [-0.15, -0.1) is 0 Å². The molecule has 1 amide bonds. The fraction of sp³-hybridized carbons (Fsp3) is 0.310. The predicted octanol–water partition coefficient (Wildman–Crippen LogP) is 5.89. The van der Waals surface area contributed by atoms with Crippen LogP contribution in [-0.2, 0) is 9.53 Å². The van der Waals surface area contributed by atoms with E-state index in [1.807, 2.05) is 69.3 Å². The van der Waals surface area contributed by atoms with Gasteiger partial charge in [0.25, 0.3) is 0 Å². The summed E-state index contributed by atoms with van der Waals surface area (Å²) in [6.07, 6.45) is 0.0204. The van der Waals surface area contributed by atoms with Gasteiger partial charge in [0.1, 0.15) is 6.61 Å². The van der Waals surface area contributed by atoms with E-state index in [2.05, 4.69) is 29.6 Å². The van der Waals surface area contributed by atoms with Crippen LogP contribution in [0.1, 0.15) is 42.9 Å². The number of nitrogens with one attached hydrogen (secondary N) is 1. The highest BCUT2D eigenvalue weighted by Gasteiger charge is 2.31. The number of hydrogen-bond donors (Lipinski definition) is 2. The van der Waals surface area contributed by atoms with Crippen LogP contribution in [0.2, 0.25) is 0 Å². The smallest absolute Gasteiger partial charge is 0.407 e. The number of rotatable bonds is 8. The van der Waals surface area contributed by atoms with Crippen molar-refractivity contribution in [1.29, 1.82) is 0 Å². The molecule has 0 heterocycles. The number of amides is 1. The minimum absolute atomic E-state index is 0.0240. The normalized spacial score (nSPS) is 14.2. The molecule has 0 aromatic heterocycles. The van der Waals surface area contributed by atoms with Crippen LogP contribution in [0.15, 0.2) is 77.7 Å². The van der Waals surface area contributed by atoms with Crippen LogP contribution in [-0.4, -0.2) is 29.9 Å². The number of carbonyl (C=O) groups is 2. The van der Waals surface area contributed by atoms with Gasteiger partial charge in [0.2, 0.25) is 5.12 Å². The van der Waals surface area contributed by atoms with E-state index in [4.69, 9.17) is 10.5 Å². The summed E-state index contributed by atoms with van der Waals surface area (Å²) in [7, 11) is 0. The zero-order valence-electron chi connectivity index (χ0n) is 20.4. The first-order valence-electron chi connectivity index (χ1n) is 12.0. The number of aryl methyl sites for hydroxylation is 1. The van der Waals surface area contributed by atoms with Crippen molar-refractivity contribution in [3.05, 3.63) is 89.5 Å². The second-order valence-electron chi connectivity index (χ2n) is 9.47. The summed E-state index contributed by atoms with van der Waals surface area (Å²) >= 11 is 1.11. The molecule has 4 rings (SSSR count). The lowest BCUT2D eigenvalue weighted by molar-refractivity contribution is -0.112. The van der Waals surface area contributed by atoms with Crippen LogP contribution in [0, 0.1) is 12.8 Å². The maximum absolute atomic E-state index is 12.9. The monoisotopic (exact) mass is 488 g/mol. The van der Waals surface area contributed by atoms with Gasteiger partial charge in [0, 0.05) is 10.8 Å². The third kappa shape index (κ3) is 5.95. The Labute approximate surface area is 211 Å². The maximum atomic E-state index is 12.9. The molecule has 0 fully saturated rings. The molecule has 35 heavy (non-hydrogen) atoms. The average molecular weight is 489 g/mol. The van der Waals surface area contributed by atoms with Crippen molar-refractivity contribution in [3.63, 3.8) is 0 Å². The highest BCUT2D eigenvalue weighted by Crippen LogP contribution is 2.44. The molecule has 0 bridgehead atoms. The molecule has 0 radical (unpaired) electrons. The highest BCUT2D eigenvalue weighted by atomic mass is 32.2. The molecule has 0 aliphatic heterocycles. The average Bonchev–Trinajstić information content (AvgIpc) is 3.16. The summed E-state index contributed by atoms with van der Waals surface area (Å²) in [5.41, 5.74) is 12.1. The number of hydrogen-bond acceptors (Lipinski definition) is 5. The summed E-state index contributed by atoms with van der Waals surface area (Å²) in [4.78, 5) is 26.6. The fourth-order valence-corrected chi connectivity index (χ4v) is 5.35. The lowest BCUT2D eigenvalue weighted by atomic mass is 9.98. The second kappa shape index (κ2) is 11.1. The number of thioether (sulfide) groups is 1. The Bertz CT molecular complexity index is 1150. The molecular formula is C29H32N2O3S. The molecule has 1 aliphatic carbocycles. The molecule has 3 N–H and O–H groups in total. The van der Waals surface area contributed by atoms with Gasteiger partial charge in [-0.1, -0.05) is 91.8 Å². The first-order chi connectivity index (χ1) is 16.8. The number of alkyl carbamates (subject to hydrolysis) is 1. The number of nitrogens with two attached hydrogens (primary N) is 1. The largest absolute Gasteiger partial charge is 0.449 e. The third-order valence-corrected chi connectivity index (χ3v) is 7.30. The molecule has 3 aromatic carbocycles. The molecule has 6 heteroatoms. The second-order valence-corrected chi connectivity index (χ2v) is 10.5. The summed E-state index contributed by atoms with van der Waals surface area (Å²) in [5.74, 6) is 0.223. The van der Waals surface area contributed by atoms with Crippen molar-refractivity contribution in [2.45, 2.75) is 50.1 Å². The molecule has 0 saturated carbocycles. The van der Waals surface area contributed by atoms with Gasteiger partial charge in [-0.3, -0.25) is 4.79 Å². The Kier molecular flexibility index (Phi) is 7.93. The van der Waals surface area contributed by atoms with Crippen molar-refractivity contribution in [2.24, 2.45) is 11.7 Å². The molecule has 0 spiro atoms. The molecule has 1 aliphatic rings. The van der Waals surface area contributed by atoms with Crippen molar-refractivity contribution < 1.29 is 14.3 Å². The maximum Gasteiger partial charge on any atom is 0.407 e. The zero-order chi connectivity index (χ0) is 24.9. The molecule has 0 saturated heterocycles. The highest BCUT2D eigenvalue weighted by molar-refractivity contribution is 8.13. The summed E-state index contributed by atoms with van der Waals surface area (Å²) in [6, 6.07) is 22.8. The first kappa shape index (κ1) is 25.0. The van der Waals surface area contributed by atoms with Gasteiger partial charge in [0.05, 0.1) is 12.1 Å². The van der Waals surface area contributed by atoms with Crippen molar-refractivity contribution in [2.75, 3.05) is 6.61 Å².